The molecule has 0 spiro atoms. The normalized spacial score (nSPS) is 16.2. The second-order valence-electron chi connectivity index (χ2n) is 6.35. The molecule has 1 saturated heterocycles. The predicted molar refractivity (Wildman–Crippen MR) is 104 cm³/mol. The quantitative estimate of drug-likeness (QED) is 0.498. The fraction of sp³-hybridized carbons (Fsp3) is 0.333. The van der Waals surface area contributed by atoms with Crippen LogP contribution in [0.25, 0.3) is 20.7 Å². The molecule has 0 unspecified atom stereocenters. The van der Waals surface area contributed by atoms with Crippen LogP contribution in [0.5, 0.6) is 5.75 Å². The first-order chi connectivity index (χ1) is 12.2. The monoisotopic (exact) mass is 355 g/mol. The largest absolute Gasteiger partial charge is 0.507 e. The van der Waals surface area contributed by atoms with Crippen LogP contribution in [0.2, 0.25) is 0 Å². The Morgan fingerprint density at radius 1 is 1.36 bits per heavy atom. The van der Waals surface area contributed by atoms with Crippen molar-refractivity contribution in [2.45, 2.75) is 18.9 Å². The molecule has 6 nitrogen and oxygen atoms in total. The van der Waals surface area contributed by atoms with E-state index >= 15 is 0 Å². The van der Waals surface area contributed by atoms with Gasteiger partial charge in [0.2, 0.25) is 0 Å². The highest BCUT2D eigenvalue weighted by molar-refractivity contribution is 7.21. The molecule has 0 radical (unpaired) electrons. The lowest BCUT2D eigenvalue weighted by Gasteiger charge is -2.22. The third-order valence-electron chi connectivity index (χ3n) is 4.64. The molecule has 25 heavy (non-hydrogen) atoms. The second kappa shape index (κ2) is 6.50. The van der Waals surface area contributed by atoms with Gasteiger partial charge in [-0.2, -0.15) is 5.10 Å². The van der Waals surface area contributed by atoms with Crippen LogP contribution in [0.4, 0.5) is 5.69 Å². The number of rotatable bonds is 3. The fourth-order valence-electron chi connectivity index (χ4n) is 3.30. The number of nitrogens with one attached hydrogen (secondary N) is 1. The van der Waals surface area contributed by atoms with Crippen LogP contribution in [-0.4, -0.2) is 41.2 Å². The van der Waals surface area contributed by atoms with Gasteiger partial charge in [0.1, 0.15) is 10.6 Å². The Bertz CT molecular complexity index is 905. The lowest BCUT2D eigenvalue weighted by Crippen LogP contribution is -2.29. The number of phenols is 1. The molecule has 1 fully saturated rings. The molecule has 1 aromatic carbocycles. The molecule has 4 rings (SSSR count). The minimum Gasteiger partial charge on any atom is -0.507 e. The average molecular weight is 355 g/mol. The lowest BCUT2D eigenvalue weighted by atomic mass is 10.1. The summed E-state index contributed by atoms with van der Waals surface area (Å²) in [5.74, 6) is 0.181. The molecule has 0 amide bonds. The van der Waals surface area contributed by atoms with Gasteiger partial charge in [-0.25, -0.2) is 0 Å². The number of aromatic nitrogens is 2. The number of hydrogen-bond acceptors (Lipinski definition) is 6. The summed E-state index contributed by atoms with van der Waals surface area (Å²) in [6.07, 6.45) is 6.05. The molecule has 3 aromatic rings. The summed E-state index contributed by atoms with van der Waals surface area (Å²) in [4.78, 5) is 6.00. The van der Waals surface area contributed by atoms with Crippen molar-refractivity contribution in [1.29, 1.82) is 0 Å². The molecule has 7 heteroatoms. The molecule has 0 bridgehead atoms. The Morgan fingerprint density at radius 2 is 2.16 bits per heavy atom. The van der Waals surface area contributed by atoms with Crippen LogP contribution >= 0.6 is 11.3 Å². The summed E-state index contributed by atoms with van der Waals surface area (Å²) in [7, 11) is 1.70. The molecule has 0 aliphatic carbocycles. The molecule has 130 valence electrons. The van der Waals surface area contributed by atoms with Gasteiger partial charge in [0.25, 0.3) is 0 Å². The highest BCUT2D eigenvalue weighted by Crippen LogP contribution is 2.39. The number of piperidine rings is 1. The van der Waals surface area contributed by atoms with E-state index in [0.29, 0.717) is 11.7 Å². The summed E-state index contributed by atoms with van der Waals surface area (Å²) < 4.78 is 2.10. The summed E-state index contributed by atoms with van der Waals surface area (Å²) in [6.45, 7) is 2.09. The maximum Gasteiger partial charge on any atom is 0.146 e. The van der Waals surface area contributed by atoms with Crippen LogP contribution in [0.3, 0.4) is 0 Å². The summed E-state index contributed by atoms with van der Waals surface area (Å²) >= 11 is 1.59. The van der Waals surface area contributed by atoms with E-state index in [4.69, 9.17) is 10.8 Å². The van der Waals surface area contributed by atoms with Gasteiger partial charge in [0, 0.05) is 52.6 Å². The SMILES string of the molecule is CN=Cc1cc(-c2cc3cn(C4CCNCC4)nc3s2)c(O)cc1N. The van der Waals surface area contributed by atoms with Crippen LogP contribution in [0.1, 0.15) is 24.4 Å². The van der Waals surface area contributed by atoms with Gasteiger partial charge in [0.15, 0.2) is 0 Å². The summed E-state index contributed by atoms with van der Waals surface area (Å²) in [5, 5.41) is 19.6. The first-order valence-corrected chi connectivity index (χ1v) is 9.22. The molecule has 0 saturated carbocycles. The molecule has 4 N–H and O–H groups in total. The summed E-state index contributed by atoms with van der Waals surface area (Å²) in [5.41, 5.74) is 8.03. The van der Waals surface area contributed by atoms with Gasteiger partial charge < -0.3 is 16.2 Å². The van der Waals surface area contributed by atoms with Crippen molar-refractivity contribution >= 4 is 33.5 Å². The number of phenolic OH excluding ortho intramolecular Hbond substituents is 1. The number of fused-ring (bicyclic) bond motifs is 1. The zero-order valence-corrected chi connectivity index (χ0v) is 14.9. The molecule has 1 aliphatic rings. The zero-order valence-electron chi connectivity index (χ0n) is 14.1. The van der Waals surface area contributed by atoms with Crippen molar-refractivity contribution in [3.05, 3.63) is 30.0 Å². The van der Waals surface area contributed by atoms with Crippen LogP contribution < -0.4 is 11.1 Å². The molecule has 2 aromatic heterocycles. The predicted octanol–water partition coefficient (Wildman–Crippen LogP) is 3.03. The lowest BCUT2D eigenvalue weighted by molar-refractivity contribution is 0.345. The maximum absolute atomic E-state index is 10.3. The van der Waals surface area contributed by atoms with Crippen molar-refractivity contribution in [3.8, 4) is 16.2 Å². The number of benzene rings is 1. The number of nitrogen functional groups attached to an aromatic ring is 1. The Morgan fingerprint density at radius 3 is 2.88 bits per heavy atom. The first kappa shape index (κ1) is 16.1. The number of nitrogens with zero attached hydrogens (tertiary/aromatic N) is 3. The highest BCUT2D eigenvalue weighted by Gasteiger charge is 2.18. The molecule has 0 atom stereocenters. The number of anilines is 1. The zero-order chi connectivity index (χ0) is 17.4. The Kier molecular flexibility index (Phi) is 4.19. The molecule has 1 aliphatic heterocycles. The van der Waals surface area contributed by atoms with E-state index in [1.165, 1.54) is 0 Å². The topological polar surface area (TPSA) is 88.5 Å². The van der Waals surface area contributed by atoms with Crippen LogP contribution in [0.15, 0.2) is 29.4 Å². The third-order valence-corrected chi connectivity index (χ3v) is 5.70. The second-order valence-corrected chi connectivity index (χ2v) is 7.38. The Hall–Kier alpha value is -2.38. The van der Waals surface area contributed by atoms with Gasteiger partial charge in [-0.15, -0.1) is 11.3 Å². The maximum atomic E-state index is 10.3. The van der Waals surface area contributed by atoms with E-state index in [-0.39, 0.29) is 5.75 Å². The van der Waals surface area contributed by atoms with Crippen molar-refractivity contribution in [1.82, 2.24) is 15.1 Å². The Labute approximate surface area is 150 Å². The highest BCUT2D eigenvalue weighted by atomic mass is 32.1. The van der Waals surface area contributed by atoms with E-state index in [1.807, 2.05) is 6.07 Å². The standard InChI is InChI=1S/C18H21N5OS/c1-20-9-11-6-14(16(24)8-15(11)19)17-7-12-10-23(22-18(12)25-17)13-2-4-21-5-3-13/h6-10,13,21,24H,2-5,19H2,1H3. The Balaban J connectivity index is 1.70. The fourth-order valence-corrected chi connectivity index (χ4v) is 4.34. The van der Waals surface area contributed by atoms with E-state index in [9.17, 15) is 5.11 Å². The van der Waals surface area contributed by atoms with Crippen molar-refractivity contribution < 1.29 is 5.11 Å². The van der Waals surface area contributed by atoms with Gasteiger partial charge in [-0.3, -0.25) is 9.67 Å². The molecular weight excluding hydrogens is 334 g/mol. The van der Waals surface area contributed by atoms with E-state index in [1.54, 1.807) is 30.7 Å². The number of hydrogen-bond donors (Lipinski definition) is 3. The van der Waals surface area contributed by atoms with E-state index in [2.05, 4.69) is 27.3 Å². The number of nitrogens with two attached hydrogens (primary N) is 1. The van der Waals surface area contributed by atoms with Crippen molar-refractivity contribution in [2.75, 3.05) is 25.9 Å². The van der Waals surface area contributed by atoms with Gasteiger partial charge in [-0.1, -0.05) is 0 Å². The summed E-state index contributed by atoms with van der Waals surface area (Å²) in [6, 6.07) is 6.02. The number of aromatic hydroxyl groups is 1. The first-order valence-electron chi connectivity index (χ1n) is 8.40. The number of thiophene rings is 1. The smallest absolute Gasteiger partial charge is 0.146 e. The molecule has 3 heterocycles. The molecular formula is C18H21N5OS. The van der Waals surface area contributed by atoms with E-state index in [0.717, 1.165) is 52.2 Å². The average Bonchev–Trinajstić information content (AvgIpc) is 3.17. The third kappa shape index (κ3) is 3.01. The van der Waals surface area contributed by atoms with Gasteiger partial charge in [-0.05, 0) is 38.1 Å². The van der Waals surface area contributed by atoms with Gasteiger partial charge >= 0.3 is 0 Å². The van der Waals surface area contributed by atoms with Crippen molar-refractivity contribution in [2.24, 2.45) is 4.99 Å². The van der Waals surface area contributed by atoms with Crippen molar-refractivity contribution in [3.63, 3.8) is 0 Å². The minimum absolute atomic E-state index is 0.181. The van der Waals surface area contributed by atoms with E-state index < -0.39 is 0 Å². The van der Waals surface area contributed by atoms with Crippen LogP contribution in [-0.2, 0) is 0 Å². The van der Waals surface area contributed by atoms with Crippen LogP contribution in [0, 0.1) is 0 Å². The minimum atomic E-state index is 0.181. The van der Waals surface area contributed by atoms with Gasteiger partial charge in [0.05, 0.1) is 6.04 Å². The number of aliphatic imine (C=N–C) groups is 1.